The van der Waals surface area contributed by atoms with Gasteiger partial charge in [0.25, 0.3) is 0 Å². The average molecular weight is 245 g/mol. The molecule has 1 heteroatoms. The quantitative estimate of drug-likeness (QED) is 0.818. The van der Waals surface area contributed by atoms with Gasteiger partial charge in [-0.05, 0) is 42.7 Å². The van der Waals surface area contributed by atoms with E-state index in [1.807, 2.05) is 0 Å². The van der Waals surface area contributed by atoms with Crippen molar-refractivity contribution < 1.29 is 0 Å². The molecule has 0 fully saturated rings. The van der Waals surface area contributed by atoms with Crippen molar-refractivity contribution in [3.8, 4) is 0 Å². The predicted octanol–water partition coefficient (Wildman–Crippen LogP) is 4.39. The molecule has 1 nitrogen and oxygen atoms in total. The van der Waals surface area contributed by atoms with E-state index in [2.05, 4.69) is 45.0 Å². The highest BCUT2D eigenvalue weighted by Gasteiger charge is 2.50. The molecule has 0 radical (unpaired) electrons. The number of hydrogen-bond acceptors (Lipinski definition) is 1. The fourth-order valence-electron chi connectivity index (χ4n) is 3.83. The first-order valence-corrected chi connectivity index (χ1v) is 7.44. The summed E-state index contributed by atoms with van der Waals surface area (Å²) in [5.74, 6) is 0. The standard InChI is InChI=1S/C17H27N/c1-4-6-12-17(11-5-2)13-14-9-7-8-10-15(14)16(17,3)18/h7-10H,4-6,11-13,18H2,1-3H3. The number of hydrogen-bond donors (Lipinski definition) is 1. The second-order valence-electron chi connectivity index (χ2n) is 6.17. The minimum Gasteiger partial charge on any atom is -0.321 e. The Labute approximate surface area is 112 Å². The van der Waals surface area contributed by atoms with Crippen LogP contribution in [0.3, 0.4) is 0 Å². The molecule has 0 bridgehead atoms. The average Bonchev–Trinajstić information content (AvgIpc) is 2.57. The van der Waals surface area contributed by atoms with Crippen molar-refractivity contribution in [2.75, 3.05) is 0 Å². The van der Waals surface area contributed by atoms with Crippen molar-refractivity contribution in [1.29, 1.82) is 0 Å². The van der Waals surface area contributed by atoms with E-state index in [1.165, 1.54) is 49.7 Å². The lowest BCUT2D eigenvalue weighted by atomic mass is 9.66. The molecule has 2 atom stereocenters. The lowest BCUT2D eigenvalue weighted by Crippen LogP contribution is -2.47. The summed E-state index contributed by atoms with van der Waals surface area (Å²) >= 11 is 0. The van der Waals surface area contributed by atoms with Crippen LogP contribution in [0.1, 0.15) is 64.0 Å². The van der Waals surface area contributed by atoms with Crippen LogP contribution in [0.25, 0.3) is 0 Å². The summed E-state index contributed by atoms with van der Waals surface area (Å²) in [5, 5.41) is 0. The topological polar surface area (TPSA) is 26.0 Å². The number of fused-ring (bicyclic) bond motifs is 1. The van der Waals surface area contributed by atoms with E-state index < -0.39 is 0 Å². The van der Waals surface area contributed by atoms with Crippen molar-refractivity contribution in [2.24, 2.45) is 11.1 Å². The summed E-state index contributed by atoms with van der Waals surface area (Å²) in [5.41, 5.74) is 9.78. The lowest BCUT2D eigenvalue weighted by molar-refractivity contribution is 0.121. The van der Waals surface area contributed by atoms with E-state index >= 15 is 0 Å². The molecular formula is C17H27N. The summed E-state index contributed by atoms with van der Waals surface area (Å²) in [6, 6.07) is 8.78. The fraction of sp³-hybridized carbons (Fsp3) is 0.647. The normalized spacial score (nSPS) is 30.4. The SMILES string of the molecule is CCCCC1(CCC)Cc2ccccc2C1(C)N. The first-order chi connectivity index (χ1) is 8.57. The van der Waals surface area contributed by atoms with Gasteiger partial charge in [0.1, 0.15) is 0 Å². The minimum atomic E-state index is -0.158. The summed E-state index contributed by atoms with van der Waals surface area (Å²) < 4.78 is 0. The monoisotopic (exact) mass is 245 g/mol. The van der Waals surface area contributed by atoms with E-state index in [9.17, 15) is 0 Å². The van der Waals surface area contributed by atoms with Crippen molar-refractivity contribution >= 4 is 0 Å². The van der Waals surface area contributed by atoms with E-state index in [1.54, 1.807) is 0 Å². The largest absolute Gasteiger partial charge is 0.321 e. The molecule has 0 spiro atoms. The molecule has 1 aromatic carbocycles. The Balaban J connectivity index is 2.38. The van der Waals surface area contributed by atoms with Crippen LogP contribution >= 0.6 is 0 Å². The van der Waals surface area contributed by atoms with Gasteiger partial charge in [-0.25, -0.2) is 0 Å². The zero-order valence-electron chi connectivity index (χ0n) is 12.1. The van der Waals surface area contributed by atoms with Crippen LogP contribution in [0.5, 0.6) is 0 Å². The molecule has 0 saturated carbocycles. The van der Waals surface area contributed by atoms with E-state index in [-0.39, 0.29) is 11.0 Å². The van der Waals surface area contributed by atoms with Gasteiger partial charge in [0.2, 0.25) is 0 Å². The number of unbranched alkanes of at least 4 members (excludes halogenated alkanes) is 1. The third kappa shape index (κ3) is 1.99. The predicted molar refractivity (Wildman–Crippen MR) is 78.6 cm³/mol. The van der Waals surface area contributed by atoms with Gasteiger partial charge in [0.15, 0.2) is 0 Å². The molecular weight excluding hydrogens is 218 g/mol. The van der Waals surface area contributed by atoms with Crippen molar-refractivity contribution in [3.05, 3.63) is 35.4 Å². The highest BCUT2D eigenvalue weighted by atomic mass is 14.8. The maximum atomic E-state index is 6.80. The molecule has 0 aliphatic heterocycles. The molecule has 0 heterocycles. The molecule has 0 aromatic heterocycles. The number of nitrogens with two attached hydrogens (primary N) is 1. The van der Waals surface area contributed by atoms with Crippen molar-refractivity contribution in [3.63, 3.8) is 0 Å². The van der Waals surface area contributed by atoms with Crippen LogP contribution in [0, 0.1) is 5.41 Å². The Morgan fingerprint density at radius 3 is 2.44 bits per heavy atom. The van der Waals surface area contributed by atoms with Crippen LogP contribution in [-0.4, -0.2) is 0 Å². The van der Waals surface area contributed by atoms with Gasteiger partial charge in [0, 0.05) is 5.54 Å². The third-order valence-corrected chi connectivity index (χ3v) is 4.94. The van der Waals surface area contributed by atoms with E-state index in [0.29, 0.717) is 0 Å². The van der Waals surface area contributed by atoms with Crippen LogP contribution in [0.2, 0.25) is 0 Å². The molecule has 2 unspecified atom stereocenters. The van der Waals surface area contributed by atoms with Crippen molar-refractivity contribution in [1.82, 2.24) is 0 Å². The highest BCUT2D eigenvalue weighted by Crippen LogP contribution is 2.53. The van der Waals surface area contributed by atoms with Gasteiger partial charge in [-0.2, -0.15) is 0 Å². The van der Waals surface area contributed by atoms with Gasteiger partial charge in [-0.15, -0.1) is 0 Å². The van der Waals surface area contributed by atoms with Crippen LogP contribution < -0.4 is 5.73 Å². The van der Waals surface area contributed by atoms with Gasteiger partial charge in [0.05, 0.1) is 0 Å². The van der Waals surface area contributed by atoms with Crippen molar-refractivity contribution in [2.45, 2.75) is 64.8 Å². The zero-order valence-corrected chi connectivity index (χ0v) is 12.1. The second kappa shape index (κ2) is 5.05. The first-order valence-electron chi connectivity index (χ1n) is 7.44. The van der Waals surface area contributed by atoms with E-state index in [0.717, 1.165) is 0 Å². The number of benzene rings is 1. The highest BCUT2D eigenvalue weighted by molar-refractivity contribution is 5.41. The molecule has 1 aromatic rings. The van der Waals surface area contributed by atoms with Gasteiger partial charge in [-0.1, -0.05) is 57.4 Å². The van der Waals surface area contributed by atoms with Crippen LogP contribution in [0.15, 0.2) is 24.3 Å². The Hall–Kier alpha value is -0.820. The summed E-state index contributed by atoms with van der Waals surface area (Å²) in [7, 11) is 0. The molecule has 0 amide bonds. The summed E-state index contributed by atoms with van der Waals surface area (Å²) in [6.07, 6.45) is 7.46. The maximum Gasteiger partial charge on any atom is 0.0444 e. The van der Waals surface area contributed by atoms with Gasteiger partial charge in [-0.3, -0.25) is 0 Å². The molecule has 0 saturated heterocycles. The fourth-order valence-corrected chi connectivity index (χ4v) is 3.83. The molecule has 2 N–H and O–H groups in total. The Bertz CT molecular complexity index is 408. The third-order valence-electron chi connectivity index (χ3n) is 4.94. The Kier molecular flexibility index (Phi) is 3.82. The summed E-state index contributed by atoms with van der Waals surface area (Å²) in [6.45, 7) is 6.81. The molecule has 1 aliphatic rings. The first kappa shape index (κ1) is 13.6. The van der Waals surface area contributed by atoms with Gasteiger partial charge >= 0.3 is 0 Å². The Morgan fingerprint density at radius 2 is 1.83 bits per heavy atom. The molecule has 1 aliphatic carbocycles. The zero-order chi connectivity index (χ0) is 13.2. The Morgan fingerprint density at radius 1 is 1.11 bits per heavy atom. The number of rotatable bonds is 5. The lowest BCUT2D eigenvalue weighted by Gasteiger charge is -2.42. The van der Waals surface area contributed by atoms with E-state index in [4.69, 9.17) is 5.73 Å². The molecule has 2 rings (SSSR count). The van der Waals surface area contributed by atoms with Crippen LogP contribution in [0.4, 0.5) is 0 Å². The minimum absolute atomic E-state index is 0.158. The van der Waals surface area contributed by atoms with Crippen LogP contribution in [-0.2, 0) is 12.0 Å². The smallest absolute Gasteiger partial charge is 0.0444 e. The molecule has 100 valence electrons. The summed E-state index contributed by atoms with van der Waals surface area (Å²) in [4.78, 5) is 0. The second-order valence-corrected chi connectivity index (χ2v) is 6.17. The molecule has 18 heavy (non-hydrogen) atoms. The van der Waals surface area contributed by atoms with Gasteiger partial charge < -0.3 is 5.73 Å². The maximum absolute atomic E-state index is 6.80.